The molecule has 4 nitrogen and oxygen atoms in total. The van der Waals surface area contributed by atoms with Crippen LogP contribution in [0.1, 0.15) is 40.0 Å². The zero-order valence-corrected chi connectivity index (χ0v) is 16.4. The van der Waals surface area contributed by atoms with E-state index in [1.807, 2.05) is 0 Å². The molecule has 2 saturated carbocycles. The van der Waals surface area contributed by atoms with E-state index < -0.39 is 21.2 Å². The first-order valence-electron chi connectivity index (χ1n) is 9.08. The molecular formula is C21H26O4S. The van der Waals surface area contributed by atoms with Gasteiger partial charge in [0.2, 0.25) is 0 Å². The minimum atomic E-state index is -3.47. The lowest BCUT2D eigenvalue weighted by atomic mass is 9.69. The second-order valence-electron chi connectivity index (χ2n) is 7.95. The lowest BCUT2D eigenvalue weighted by Gasteiger charge is -2.41. The zero-order chi connectivity index (χ0) is 19.0. The van der Waals surface area contributed by atoms with Crippen molar-refractivity contribution in [3.8, 4) is 0 Å². The van der Waals surface area contributed by atoms with Gasteiger partial charge in [-0.3, -0.25) is 0 Å². The number of ether oxygens (including phenoxy) is 1. The summed E-state index contributed by atoms with van der Waals surface area (Å²) in [6, 6.07) is 8.55. The largest absolute Gasteiger partial charge is 0.458 e. The Morgan fingerprint density at radius 1 is 1.31 bits per heavy atom. The van der Waals surface area contributed by atoms with Gasteiger partial charge in [0.25, 0.3) is 0 Å². The van der Waals surface area contributed by atoms with Crippen molar-refractivity contribution in [3.63, 3.8) is 0 Å². The second-order valence-corrected chi connectivity index (χ2v) is 9.94. The molecule has 1 aromatic rings. The summed E-state index contributed by atoms with van der Waals surface area (Å²) in [6.45, 7) is 6.03. The highest BCUT2D eigenvalue weighted by Gasteiger charge is 2.66. The van der Waals surface area contributed by atoms with Crippen molar-refractivity contribution in [3.05, 3.63) is 48.2 Å². The van der Waals surface area contributed by atoms with E-state index in [4.69, 9.17) is 4.74 Å². The maximum absolute atomic E-state index is 13.1. The van der Waals surface area contributed by atoms with E-state index in [1.54, 1.807) is 43.3 Å². The van der Waals surface area contributed by atoms with Gasteiger partial charge >= 0.3 is 5.97 Å². The molecule has 2 fully saturated rings. The molecule has 2 bridgehead atoms. The van der Waals surface area contributed by atoms with E-state index in [0.29, 0.717) is 10.8 Å². The van der Waals surface area contributed by atoms with Gasteiger partial charge in [-0.05, 0) is 55.7 Å². The van der Waals surface area contributed by atoms with E-state index in [9.17, 15) is 13.2 Å². The Balaban J connectivity index is 1.94. The van der Waals surface area contributed by atoms with Gasteiger partial charge in [-0.25, -0.2) is 13.2 Å². The molecule has 0 aliphatic heterocycles. The van der Waals surface area contributed by atoms with Crippen LogP contribution in [-0.4, -0.2) is 26.2 Å². The zero-order valence-electron chi connectivity index (χ0n) is 15.6. The fourth-order valence-corrected chi connectivity index (χ4v) is 7.00. The summed E-state index contributed by atoms with van der Waals surface area (Å²) in [5.41, 5.74) is 1.99. The van der Waals surface area contributed by atoms with Crippen molar-refractivity contribution < 1.29 is 17.9 Å². The van der Waals surface area contributed by atoms with E-state index in [2.05, 4.69) is 19.6 Å². The number of sulfone groups is 1. The van der Waals surface area contributed by atoms with Crippen molar-refractivity contribution in [1.29, 1.82) is 0 Å². The van der Waals surface area contributed by atoms with E-state index in [-0.39, 0.29) is 17.3 Å². The van der Waals surface area contributed by atoms with Gasteiger partial charge < -0.3 is 4.74 Å². The first-order valence-corrected chi connectivity index (χ1v) is 10.7. The highest BCUT2D eigenvalue weighted by Crippen LogP contribution is 2.67. The van der Waals surface area contributed by atoms with Crippen LogP contribution < -0.4 is 0 Å². The highest BCUT2D eigenvalue weighted by atomic mass is 32.2. The Kier molecular flexibility index (Phi) is 4.89. The molecule has 1 aromatic carbocycles. The highest BCUT2D eigenvalue weighted by molar-refractivity contribution is 7.91. The minimum absolute atomic E-state index is 0.0127. The molecule has 0 spiro atoms. The summed E-state index contributed by atoms with van der Waals surface area (Å²) in [7, 11) is -3.47. The van der Waals surface area contributed by atoms with Crippen molar-refractivity contribution >= 4 is 15.8 Å². The molecule has 26 heavy (non-hydrogen) atoms. The molecule has 0 heterocycles. The lowest BCUT2D eigenvalue weighted by Crippen LogP contribution is -2.46. The smallest absolute Gasteiger partial charge is 0.338 e. The Morgan fingerprint density at radius 3 is 2.62 bits per heavy atom. The standard InChI is InChI=1S/C21H26O4S/c1-4-5-11-19(22)25-18-14-16-12-13-21(18,20(16,2)3)15-26(23,24)17-9-7-6-8-10-17/h4,6-11,16,18H,12-15H2,1-3H3/t5?,16-,18-,21-/m0/s1. The lowest BCUT2D eigenvalue weighted by molar-refractivity contribution is -0.150. The minimum Gasteiger partial charge on any atom is -0.458 e. The summed E-state index contributed by atoms with van der Waals surface area (Å²) >= 11 is 0. The SMILES string of the molecule is CC=C=CC(=O)O[C@H]1C[C@@H]2CC[C@@]1(CS(=O)(=O)c1ccccc1)C2(C)C. The summed E-state index contributed by atoms with van der Waals surface area (Å²) in [5, 5.41) is 0. The van der Waals surface area contributed by atoms with Crippen LogP contribution in [0, 0.1) is 16.7 Å². The molecule has 2 aliphatic carbocycles. The Bertz CT molecular complexity index is 847. The molecule has 140 valence electrons. The monoisotopic (exact) mass is 374 g/mol. The van der Waals surface area contributed by atoms with Crippen LogP contribution in [-0.2, 0) is 19.4 Å². The van der Waals surface area contributed by atoms with Crippen LogP contribution in [0.2, 0.25) is 0 Å². The predicted molar refractivity (Wildman–Crippen MR) is 100 cm³/mol. The van der Waals surface area contributed by atoms with Gasteiger partial charge in [0.05, 0.1) is 16.7 Å². The summed E-state index contributed by atoms with van der Waals surface area (Å²) < 4.78 is 31.9. The molecule has 0 amide bonds. The molecule has 0 aromatic heterocycles. The van der Waals surface area contributed by atoms with E-state index in [0.717, 1.165) is 19.3 Å². The van der Waals surface area contributed by atoms with E-state index >= 15 is 0 Å². The van der Waals surface area contributed by atoms with Crippen molar-refractivity contribution in [1.82, 2.24) is 0 Å². The Labute approximate surface area is 155 Å². The normalized spacial score (nSPS) is 29.0. The quantitative estimate of drug-likeness (QED) is 0.445. The molecular weight excluding hydrogens is 348 g/mol. The number of hydrogen-bond donors (Lipinski definition) is 0. The summed E-state index contributed by atoms with van der Waals surface area (Å²) in [6.07, 6.45) is 5.02. The number of hydrogen-bond acceptors (Lipinski definition) is 4. The van der Waals surface area contributed by atoms with Gasteiger partial charge in [-0.15, -0.1) is 5.73 Å². The number of carbonyl (C=O) groups is 1. The first kappa shape index (κ1) is 18.9. The summed E-state index contributed by atoms with van der Waals surface area (Å²) in [4.78, 5) is 12.4. The molecule has 0 saturated heterocycles. The number of carbonyl (C=O) groups excluding carboxylic acids is 1. The van der Waals surface area contributed by atoms with Crippen LogP contribution in [0.3, 0.4) is 0 Å². The molecule has 3 atom stereocenters. The third-order valence-corrected chi connectivity index (χ3v) is 8.42. The molecule has 3 rings (SSSR count). The number of esters is 1. The topological polar surface area (TPSA) is 60.4 Å². The van der Waals surface area contributed by atoms with Crippen LogP contribution in [0.5, 0.6) is 0 Å². The average Bonchev–Trinajstić information content (AvgIpc) is 2.95. The molecule has 0 radical (unpaired) electrons. The van der Waals surface area contributed by atoms with E-state index in [1.165, 1.54) is 6.08 Å². The maximum Gasteiger partial charge on any atom is 0.338 e. The van der Waals surface area contributed by atoms with Crippen molar-refractivity contribution in [2.75, 3.05) is 5.75 Å². The van der Waals surface area contributed by atoms with Crippen LogP contribution in [0.4, 0.5) is 0 Å². The number of benzene rings is 1. The van der Waals surface area contributed by atoms with Crippen LogP contribution in [0.15, 0.2) is 53.1 Å². The third kappa shape index (κ3) is 3.04. The molecule has 2 aliphatic rings. The molecule has 0 unspecified atom stereocenters. The maximum atomic E-state index is 13.1. The first-order chi connectivity index (χ1) is 12.2. The molecule has 5 heteroatoms. The van der Waals surface area contributed by atoms with Gasteiger partial charge in [0, 0.05) is 5.41 Å². The Hall–Kier alpha value is -1.84. The van der Waals surface area contributed by atoms with Crippen molar-refractivity contribution in [2.45, 2.75) is 51.0 Å². The second kappa shape index (κ2) is 6.71. The predicted octanol–water partition coefficient (Wildman–Crippen LogP) is 3.93. The third-order valence-electron chi connectivity index (χ3n) is 6.53. The number of fused-ring (bicyclic) bond motifs is 2. The fourth-order valence-electron chi connectivity index (χ4n) is 4.88. The van der Waals surface area contributed by atoms with Gasteiger partial charge in [-0.1, -0.05) is 32.0 Å². The van der Waals surface area contributed by atoms with Gasteiger partial charge in [0.15, 0.2) is 9.84 Å². The van der Waals surface area contributed by atoms with Gasteiger partial charge in [0.1, 0.15) is 6.10 Å². The van der Waals surface area contributed by atoms with Gasteiger partial charge in [-0.2, -0.15) is 0 Å². The number of rotatable bonds is 5. The van der Waals surface area contributed by atoms with Crippen LogP contribution >= 0.6 is 0 Å². The van der Waals surface area contributed by atoms with Crippen molar-refractivity contribution in [2.24, 2.45) is 16.7 Å². The average molecular weight is 375 g/mol. The fraction of sp³-hybridized carbons (Fsp3) is 0.524. The summed E-state index contributed by atoms with van der Waals surface area (Å²) in [5.74, 6) is -0.0661. The molecule has 0 N–H and O–H groups in total. The van der Waals surface area contributed by atoms with Crippen LogP contribution in [0.25, 0.3) is 0 Å². The Morgan fingerprint density at radius 2 is 2.00 bits per heavy atom.